The number of alkyl halides is 1. The minimum atomic E-state index is -1.45. The van der Waals surface area contributed by atoms with Gasteiger partial charge in [-0.2, -0.15) is 0 Å². The minimum Gasteiger partial charge on any atom is -0.375 e. The van der Waals surface area contributed by atoms with E-state index in [0.717, 1.165) is 23.9 Å². The predicted molar refractivity (Wildman–Crippen MR) is 144 cm³/mol. The van der Waals surface area contributed by atoms with E-state index in [-0.39, 0.29) is 23.8 Å². The summed E-state index contributed by atoms with van der Waals surface area (Å²) in [4.78, 5) is 17.7. The lowest BCUT2D eigenvalue weighted by atomic mass is 9.70. The van der Waals surface area contributed by atoms with Crippen LogP contribution in [0.1, 0.15) is 22.3 Å². The highest BCUT2D eigenvalue weighted by atomic mass is 32.2. The second kappa shape index (κ2) is 13.5. The van der Waals surface area contributed by atoms with E-state index < -0.39 is 65.5 Å². The number of thioether (sulfide) groups is 1. The number of carbonyl (C=O) groups is 1. The number of hydrogen-bond acceptors (Lipinski definition) is 8. The molecule has 4 atom stereocenters. The van der Waals surface area contributed by atoms with Crippen LogP contribution in [0.3, 0.4) is 0 Å². The van der Waals surface area contributed by atoms with Crippen molar-refractivity contribution in [2.24, 2.45) is 16.8 Å². The van der Waals surface area contributed by atoms with E-state index in [0.29, 0.717) is 5.56 Å². The smallest absolute Gasteiger partial charge is 0.257 e. The van der Waals surface area contributed by atoms with Crippen molar-refractivity contribution in [1.29, 1.82) is 0 Å². The second-order valence-electron chi connectivity index (χ2n) is 9.54. The molecule has 0 bridgehead atoms. The first-order chi connectivity index (χ1) is 19.3. The highest BCUT2D eigenvalue weighted by Gasteiger charge is 2.56. The highest BCUT2D eigenvalue weighted by Crippen LogP contribution is 2.51. The summed E-state index contributed by atoms with van der Waals surface area (Å²) >= 11 is 1.06. The van der Waals surface area contributed by atoms with Crippen LogP contribution in [0.2, 0.25) is 0 Å². The van der Waals surface area contributed by atoms with Crippen molar-refractivity contribution in [1.82, 2.24) is 5.32 Å². The van der Waals surface area contributed by atoms with Crippen LogP contribution in [-0.4, -0.2) is 76.7 Å². The minimum absolute atomic E-state index is 0.0455. The molecule has 2 heterocycles. The number of aliphatic imine (C=N–C) groups is 1. The number of nitrogens with zero attached hydrogens (tertiary/aromatic N) is 1. The van der Waals surface area contributed by atoms with E-state index in [1.807, 2.05) is 0 Å². The number of halogens is 3. The van der Waals surface area contributed by atoms with Crippen molar-refractivity contribution >= 4 is 22.8 Å². The van der Waals surface area contributed by atoms with Gasteiger partial charge in [0.1, 0.15) is 23.8 Å². The lowest BCUT2D eigenvalue weighted by molar-refractivity contribution is -0.260. The number of hydrogen-bond donors (Lipinski definition) is 1. The molecule has 1 N–H and O–H groups in total. The van der Waals surface area contributed by atoms with Gasteiger partial charge in [-0.05, 0) is 24.6 Å². The number of methoxy groups -OCH3 is 4. The number of amides is 1. The van der Waals surface area contributed by atoms with Gasteiger partial charge >= 0.3 is 0 Å². The SMILES string of the molecule is COC(OC)C(C(OC)OC)[C@H]1C[C@H]2[C@@H](CF)SC(NC(=O)c3ccccc3)=N[C@@]2(c2ccc(F)cc2F)CO1. The van der Waals surface area contributed by atoms with E-state index in [9.17, 15) is 13.6 Å². The van der Waals surface area contributed by atoms with Crippen LogP contribution in [0.25, 0.3) is 0 Å². The molecule has 0 radical (unpaired) electrons. The Bertz CT molecular complexity index is 1170. The molecule has 1 saturated heterocycles. The third kappa shape index (κ3) is 6.07. The molecule has 2 aliphatic rings. The molecule has 8 nitrogen and oxygen atoms in total. The van der Waals surface area contributed by atoms with Crippen LogP contribution in [-0.2, 0) is 29.2 Å². The molecule has 0 unspecified atom stereocenters. The predicted octanol–water partition coefficient (Wildman–Crippen LogP) is 4.29. The largest absolute Gasteiger partial charge is 0.375 e. The number of fused-ring (bicyclic) bond motifs is 1. The van der Waals surface area contributed by atoms with Gasteiger partial charge in [-0.15, -0.1) is 0 Å². The van der Waals surface area contributed by atoms with Gasteiger partial charge in [0, 0.05) is 56.8 Å². The Kier molecular flexibility index (Phi) is 10.3. The summed E-state index contributed by atoms with van der Waals surface area (Å²) in [5.41, 5.74) is -1.03. The van der Waals surface area contributed by atoms with Crippen molar-refractivity contribution in [3.63, 3.8) is 0 Å². The summed E-state index contributed by atoms with van der Waals surface area (Å²) in [6.45, 7) is -0.989. The monoisotopic (exact) mass is 582 g/mol. The average molecular weight is 583 g/mol. The van der Waals surface area contributed by atoms with Gasteiger partial charge in [0.2, 0.25) is 0 Å². The van der Waals surface area contributed by atoms with Gasteiger partial charge in [-0.25, -0.2) is 18.2 Å². The van der Waals surface area contributed by atoms with Crippen molar-refractivity contribution in [3.8, 4) is 0 Å². The van der Waals surface area contributed by atoms with E-state index in [1.54, 1.807) is 30.3 Å². The number of rotatable bonds is 10. The van der Waals surface area contributed by atoms with Crippen molar-refractivity contribution in [3.05, 3.63) is 71.3 Å². The Morgan fingerprint density at radius 3 is 2.30 bits per heavy atom. The molecule has 12 heteroatoms. The molecule has 0 aliphatic carbocycles. The summed E-state index contributed by atoms with van der Waals surface area (Å²) < 4.78 is 72.5. The molecular weight excluding hydrogens is 549 g/mol. The topological polar surface area (TPSA) is 87.6 Å². The standard InChI is InChI=1S/C28H33F3N2O6S/c1-35-25(36-2)23(26(37-3)38-4)21-13-19-22(14-29)40-27(32-24(34)16-8-6-5-7-9-16)33-28(19,15-39-21)18-11-10-17(30)12-20(18)31/h5-12,19,21-23,25-26H,13-15H2,1-4H3,(H,32,33,34)/t19-,21+,22+,28+/m0/s1. The molecule has 218 valence electrons. The van der Waals surface area contributed by atoms with Crippen LogP contribution in [0.4, 0.5) is 13.2 Å². The fraction of sp³-hybridized carbons (Fsp3) is 0.500. The molecule has 40 heavy (non-hydrogen) atoms. The molecule has 0 spiro atoms. The molecule has 2 aliphatic heterocycles. The maximum atomic E-state index is 15.4. The van der Waals surface area contributed by atoms with Gasteiger partial charge in [0.15, 0.2) is 17.7 Å². The number of nitrogens with one attached hydrogen (secondary N) is 1. The van der Waals surface area contributed by atoms with E-state index in [2.05, 4.69) is 5.32 Å². The van der Waals surface area contributed by atoms with Crippen LogP contribution < -0.4 is 5.32 Å². The first-order valence-electron chi connectivity index (χ1n) is 12.7. The number of benzene rings is 2. The van der Waals surface area contributed by atoms with Crippen molar-refractivity contribution < 1.29 is 41.7 Å². The summed E-state index contributed by atoms with van der Waals surface area (Å²) in [7, 11) is 5.88. The first-order valence-corrected chi connectivity index (χ1v) is 13.6. The molecule has 2 aromatic rings. The van der Waals surface area contributed by atoms with Gasteiger partial charge in [-0.1, -0.05) is 36.0 Å². The summed E-state index contributed by atoms with van der Waals surface area (Å²) in [6.07, 6.45) is -2.02. The number of amidine groups is 1. The molecule has 2 aromatic carbocycles. The van der Waals surface area contributed by atoms with Crippen molar-refractivity contribution in [2.45, 2.75) is 35.9 Å². The van der Waals surface area contributed by atoms with Crippen LogP contribution in [0, 0.1) is 23.5 Å². The molecule has 1 fully saturated rings. The third-order valence-corrected chi connectivity index (χ3v) is 8.60. The molecule has 4 rings (SSSR count). The number of carbonyl (C=O) groups excluding carboxylic acids is 1. The molecule has 0 saturated carbocycles. The van der Waals surface area contributed by atoms with Gasteiger partial charge in [-0.3, -0.25) is 4.79 Å². The quantitative estimate of drug-likeness (QED) is 0.419. The fourth-order valence-electron chi connectivity index (χ4n) is 5.56. The van der Waals surface area contributed by atoms with E-state index in [4.69, 9.17) is 28.7 Å². The number of ether oxygens (including phenoxy) is 5. The summed E-state index contributed by atoms with van der Waals surface area (Å²) in [6, 6.07) is 11.7. The van der Waals surface area contributed by atoms with E-state index in [1.165, 1.54) is 34.5 Å². The first kappa shape index (κ1) is 30.5. The normalized spacial score (nSPS) is 24.8. The zero-order valence-electron chi connectivity index (χ0n) is 22.6. The molecular formula is C28H33F3N2O6S. The van der Waals surface area contributed by atoms with Gasteiger partial charge in [0.25, 0.3) is 5.91 Å². The Morgan fingerprint density at radius 2 is 1.73 bits per heavy atom. The van der Waals surface area contributed by atoms with Gasteiger partial charge in [0.05, 0.1) is 18.6 Å². The lowest BCUT2D eigenvalue weighted by Crippen LogP contribution is -2.58. The lowest BCUT2D eigenvalue weighted by Gasteiger charge is -2.51. The van der Waals surface area contributed by atoms with Crippen LogP contribution in [0.15, 0.2) is 53.5 Å². The summed E-state index contributed by atoms with van der Waals surface area (Å²) in [5.74, 6) is -3.27. The fourth-order valence-corrected chi connectivity index (χ4v) is 6.78. The Balaban J connectivity index is 1.77. The van der Waals surface area contributed by atoms with Crippen molar-refractivity contribution in [2.75, 3.05) is 41.7 Å². The Hall–Kier alpha value is -2.48. The second-order valence-corrected chi connectivity index (χ2v) is 10.8. The third-order valence-electron chi connectivity index (χ3n) is 7.42. The van der Waals surface area contributed by atoms with Gasteiger partial charge < -0.3 is 29.0 Å². The Morgan fingerprint density at radius 1 is 1.07 bits per heavy atom. The highest BCUT2D eigenvalue weighted by molar-refractivity contribution is 8.14. The van der Waals surface area contributed by atoms with Crippen LogP contribution >= 0.6 is 11.8 Å². The maximum Gasteiger partial charge on any atom is 0.257 e. The zero-order valence-corrected chi connectivity index (χ0v) is 23.5. The molecule has 0 aromatic heterocycles. The maximum absolute atomic E-state index is 15.4. The van der Waals surface area contributed by atoms with E-state index >= 15 is 4.39 Å². The average Bonchev–Trinajstić information content (AvgIpc) is 2.97. The molecule has 1 amide bonds. The summed E-state index contributed by atoms with van der Waals surface area (Å²) in [5, 5.41) is 2.12. The zero-order chi connectivity index (χ0) is 28.9. The van der Waals surface area contributed by atoms with Crippen LogP contribution in [0.5, 0.6) is 0 Å². The Labute approximate surface area is 235 Å².